The smallest absolute Gasteiger partial charge is 0.478 e. The molecule has 0 aromatic heterocycles. The van der Waals surface area contributed by atoms with Gasteiger partial charge in [-0.15, -0.1) is 0 Å². The van der Waals surface area contributed by atoms with Gasteiger partial charge in [0.1, 0.15) is 6.61 Å². The summed E-state index contributed by atoms with van der Waals surface area (Å²) in [5, 5.41) is 30.9. The zero-order valence-corrected chi connectivity index (χ0v) is 16.7. The standard InChI is InChI=1S/C23H20BNO6/c1-13-19(22(26)27)10-14(11-21(13)24(29)30)25-23(28)31-12-20-17-8-4-2-6-15(17)16-7-3-5-9-18(16)20/h2-11,20,29-30H,12H2,1H3,(H,25,28)(H,26,27). The van der Waals surface area contributed by atoms with Gasteiger partial charge in [0.15, 0.2) is 0 Å². The molecule has 4 N–H and O–H groups in total. The zero-order valence-electron chi connectivity index (χ0n) is 16.7. The molecule has 0 saturated carbocycles. The average Bonchev–Trinajstić information content (AvgIpc) is 3.07. The molecular formula is C23H20BNO6. The second-order valence-corrected chi connectivity index (χ2v) is 7.37. The Bertz CT molecular complexity index is 1130. The topological polar surface area (TPSA) is 116 Å². The average molecular weight is 417 g/mol. The predicted molar refractivity (Wildman–Crippen MR) is 117 cm³/mol. The quantitative estimate of drug-likeness (QED) is 0.475. The summed E-state index contributed by atoms with van der Waals surface area (Å²) >= 11 is 0. The van der Waals surface area contributed by atoms with Crippen LogP contribution in [0.1, 0.15) is 33.0 Å². The maximum atomic E-state index is 12.4. The Hall–Kier alpha value is -3.62. The third-order valence-corrected chi connectivity index (χ3v) is 5.55. The minimum absolute atomic E-state index is 0.00570. The van der Waals surface area contributed by atoms with Crippen LogP contribution < -0.4 is 10.8 Å². The molecule has 8 heteroatoms. The number of carboxylic acid groups (broad SMARTS) is 1. The fourth-order valence-corrected chi connectivity index (χ4v) is 4.05. The maximum Gasteiger partial charge on any atom is 0.488 e. The van der Waals surface area contributed by atoms with Crippen LogP contribution in [0.4, 0.5) is 10.5 Å². The summed E-state index contributed by atoms with van der Waals surface area (Å²) < 4.78 is 5.45. The molecule has 1 amide bonds. The Labute approximate surface area is 179 Å². The Balaban J connectivity index is 1.53. The van der Waals surface area contributed by atoms with E-state index >= 15 is 0 Å². The maximum absolute atomic E-state index is 12.4. The molecule has 1 aliphatic carbocycles. The van der Waals surface area contributed by atoms with Gasteiger partial charge in [0.25, 0.3) is 0 Å². The number of carboxylic acids is 1. The van der Waals surface area contributed by atoms with Gasteiger partial charge in [-0.05, 0) is 52.3 Å². The fraction of sp³-hybridized carbons (Fsp3) is 0.130. The lowest BCUT2D eigenvalue weighted by atomic mass is 9.75. The molecule has 3 aromatic carbocycles. The van der Waals surface area contributed by atoms with E-state index in [9.17, 15) is 24.7 Å². The lowest BCUT2D eigenvalue weighted by Gasteiger charge is -2.16. The normalized spacial score (nSPS) is 12.1. The van der Waals surface area contributed by atoms with E-state index in [-0.39, 0.29) is 34.8 Å². The van der Waals surface area contributed by atoms with E-state index in [1.54, 1.807) is 0 Å². The van der Waals surface area contributed by atoms with Crippen molar-refractivity contribution in [2.75, 3.05) is 11.9 Å². The molecule has 0 atom stereocenters. The number of amides is 1. The van der Waals surface area contributed by atoms with Gasteiger partial charge in [0.2, 0.25) is 0 Å². The van der Waals surface area contributed by atoms with E-state index in [4.69, 9.17) is 4.74 Å². The second kappa shape index (κ2) is 8.25. The van der Waals surface area contributed by atoms with E-state index in [1.165, 1.54) is 19.1 Å². The lowest BCUT2D eigenvalue weighted by molar-refractivity contribution is 0.0696. The molecule has 1 aliphatic rings. The summed E-state index contributed by atoms with van der Waals surface area (Å²) in [6, 6.07) is 18.5. The molecule has 3 aromatic rings. The molecule has 4 rings (SSSR count). The van der Waals surface area contributed by atoms with Gasteiger partial charge >= 0.3 is 19.2 Å². The minimum atomic E-state index is -1.87. The number of hydrogen-bond donors (Lipinski definition) is 4. The molecular weight excluding hydrogens is 397 g/mol. The van der Waals surface area contributed by atoms with Crippen LogP contribution in [-0.2, 0) is 4.74 Å². The lowest BCUT2D eigenvalue weighted by Crippen LogP contribution is -2.34. The van der Waals surface area contributed by atoms with Crippen LogP contribution in [0.5, 0.6) is 0 Å². The number of rotatable bonds is 5. The molecule has 0 unspecified atom stereocenters. The summed E-state index contributed by atoms with van der Waals surface area (Å²) in [7, 11) is -1.87. The highest BCUT2D eigenvalue weighted by Crippen LogP contribution is 2.44. The van der Waals surface area contributed by atoms with Gasteiger partial charge in [-0.2, -0.15) is 0 Å². The first-order valence-electron chi connectivity index (χ1n) is 9.72. The molecule has 31 heavy (non-hydrogen) atoms. The number of ether oxygens (including phenoxy) is 1. The highest BCUT2D eigenvalue weighted by Gasteiger charge is 2.29. The highest BCUT2D eigenvalue weighted by atomic mass is 16.5. The number of carbonyl (C=O) groups is 2. The molecule has 0 radical (unpaired) electrons. The summed E-state index contributed by atoms with van der Waals surface area (Å²) in [4.78, 5) is 23.9. The van der Waals surface area contributed by atoms with Crippen molar-refractivity contribution in [1.82, 2.24) is 0 Å². The van der Waals surface area contributed by atoms with Crippen molar-refractivity contribution in [2.24, 2.45) is 0 Å². The molecule has 0 spiro atoms. The highest BCUT2D eigenvalue weighted by molar-refractivity contribution is 6.59. The number of fused-ring (bicyclic) bond motifs is 3. The number of benzene rings is 3. The Morgan fingerprint density at radius 2 is 1.58 bits per heavy atom. The van der Waals surface area contributed by atoms with Crippen molar-refractivity contribution in [1.29, 1.82) is 0 Å². The van der Waals surface area contributed by atoms with Crippen LogP contribution in [0.3, 0.4) is 0 Å². The van der Waals surface area contributed by atoms with Crippen LogP contribution in [0, 0.1) is 6.92 Å². The van der Waals surface area contributed by atoms with Crippen molar-refractivity contribution in [3.8, 4) is 11.1 Å². The SMILES string of the molecule is Cc1c(B(O)O)cc(NC(=O)OCC2c3ccccc3-c3ccccc32)cc1C(=O)O. The van der Waals surface area contributed by atoms with Crippen molar-refractivity contribution >= 4 is 30.3 Å². The number of aromatic carboxylic acids is 1. The van der Waals surface area contributed by atoms with Gasteiger partial charge < -0.3 is 19.9 Å². The molecule has 156 valence electrons. The molecule has 0 bridgehead atoms. The van der Waals surface area contributed by atoms with Crippen LogP contribution in [0.15, 0.2) is 60.7 Å². The Morgan fingerprint density at radius 1 is 1.00 bits per heavy atom. The first-order valence-corrected chi connectivity index (χ1v) is 9.72. The van der Waals surface area contributed by atoms with Gasteiger partial charge in [0, 0.05) is 11.6 Å². The van der Waals surface area contributed by atoms with Crippen molar-refractivity contribution in [2.45, 2.75) is 12.8 Å². The van der Waals surface area contributed by atoms with Gasteiger partial charge in [0.05, 0.1) is 5.56 Å². The van der Waals surface area contributed by atoms with E-state index in [1.807, 2.05) is 48.5 Å². The van der Waals surface area contributed by atoms with Gasteiger partial charge in [-0.1, -0.05) is 48.5 Å². The third kappa shape index (κ3) is 3.91. The Morgan fingerprint density at radius 3 is 2.13 bits per heavy atom. The van der Waals surface area contributed by atoms with Gasteiger partial charge in [-0.25, -0.2) is 9.59 Å². The van der Waals surface area contributed by atoms with E-state index in [0.29, 0.717) is 0 Å². The van der Waals surface area contributed by atoms with E-state index < -0.39 is 19.2 Å². The van der Waals surface area contributed by atoms with Crippen LogP contribution >= 0.6 is 0 Å². The zero-order chi connectivity index (χ0) is 22.1. The first kappa shape index (κ1) is 20.6. The van der Waals surface area contributed by atoms with Crippen LogP contribution in [-0.4, -0.2) is 40.9 Å². The predicted octanol–water partition coefficient (Wildman–Crippen LogP) is 2.73. The van der Waals surface area contributed by atoms with Crippen LogP contribution in [0.2, 0.25) is 0 Å². The van der Waals surface area contributed by atoms with Crippen LogP contribution in [0.25, 0.3) is 11.1 Å². The van der Waals surface area contributed by atoms with E-state index in [2.05, 4.69) is 5.32 Å². The fourth-order valence-electron chi connectivity index (χ4n) is 4.05. The molecule has 0 saturated heterocycles. The third-order valence-electron chi connectivity index (χ3n) is 5.55. The number of anilines is 1. The van der Waals surface area contributed by atoms with Crippen molar-refractivity contribution in [3.05, 3.63) is 82.9 Å². The molecule has 7 nitrogen and oxygen atoms in total. The number of hydrogen-bond acceptors (Lipinski definition) is 5. The Kier molecular flexibility index (Phi) is 5.50. The summed E-state index contributed by atoms with van der Waals surface area (Å²) in [5.41, 5.74) is 4.53. The minimum Gasteiger partial charge on any atom is -0.478 e. The second-order valence-electron chi connectivity index (χ2n) is 7.37. The summed E-state index contributed by atoms with van der Waals surface area (Å²) in [6.07, 6.45) is -0.763. The monoisotopic (exact) mass is 417 g/mol. The summed E-state index contributed by atoms with van der Waals surface area (Å²) in [5.74, 6) is -1.35. The number of carbonyl (C=O) groups excluding carboxylic acids is 1. The molecule has 0 heterocycles. The largest absolute Gasteiger partial charge is 0.488 e. The number of nitrogens with one attached hydrogen (secondary N) is 1. The van der Waals surface area contributed by atoms with Crippen molar-refractivity contribution in [3.63, 3.8) is 0 Å². The molecule has 0 aliphatic heterocycles. The first-order chi connectivity index (χ1) is 14.9. The van der Waals surface area contributed by atoms with E-state index in [0.717, 1.165) is 22.3 Å². The summed E-state index contributed by atoms with van der Waals surface area (Å²) in [6.45, 7) is 1.57. The van der Waals surface area contributed by atoms with Crippen molar-refractivity contribution < 1.29 is 29.5 Å². The van der Waals surface area contributed by atoms with Gasteiger partial charge in [-0.3, -0.25) is 5.32 Å². The molecule has 0 fully saturated rings.